The monoisotopic (exact) mass is 234 g/mol. The number of halogens is 1. The topological polar surface area (TPSA) is 56.2 Å². The summed E-state index contributed by atoms with van der Waals surface area (Å²) in [4.78, 5) is 4.00. The van der Waals surface area contributed by atoms with Gasteiger partial charge in [0.1, 0.15) is 17.2 Å². The highest BCUT2D eigenvalue weighted by atomic mass is 35.5. The second-order valence-electron chi connectivity index (χ2n) is 3.35. The predicted octanol–water partition coefficient (Wildman–Crippen LogP) is 2.35. The molecule has 0 atom stereocenters. The molecule has 3 aromatic rings. The van der Waals surface area contributed by atoms with Crippen molar-refractivity contribution in [2.24, 2.45) is 0 Å². The Morgan fingerprint density at radius 1 is 1.38 bits per heavy atom. The highest BCUT2D eigenvalue weighted by molar-refractivity contribution is 6.29. The van der Waals surface area contributed by atoms with E-state index in [4.69, 9.17) is 16.0 Å². The third kappa shape index (κ3) is 1.29. The summed E-state index contributed by atoms with van der Waals surface area (Å²) in [6, 6.07) is 3.51. The molecule has 80 valence electrons. The number of aromatic nitrogens is 4. The first-order chi connectivity index (χ1) is 7.75. The Balaban J connectivity index is 2.30. The Morgan fingerprint density at radius 2 is 2.25 bits per heavy atom. The molecule has 0 fully saturated rings. The summed E-state index contributed by atoms with van der Waals surface area (Å²) in [5.41, 5.74) is 1.56. The summed E-state index contributed by atoms with van der Waals surface area (Å²) < 4.78 is 7.00. The van der Waals surface area contributed by atoms with Crippen LogP contribution < -0.4 is 0 Å². The molecule has 0 aliphatic carbocycles. The van der Waals surface area contributed by atoms with Gasteiger partial charge in [0.05, 0.1) is 11.8 Å². The van der Waals surface area contributed by atoms with Crippen LogP contribution in [0.2, 0.25) is 5.15 Å². The van der Waals surface area contributed by atoms with Crippen LogP contribution in [0.1, 0.15) is 5.76 Å². The molecule has 6 heteroatoms. The number of hydrogen-bond acceptors (Lipinski definition) is 4. The van der Waals surface area contributed by atoms with Gasteiger partial charge < -0.3 is 4.42 Å². The van der Waals surface area contributed by atoms with Gasteiger partial charge in [0, 0.05) is 6.07 Å². The Hall–Kier alpha value is -1.88. The molecule has 0 spiro atoms. The van der Waals surface area contributed by atoms with E-state index in [1.165, 1.54) is 0 Å². The largest absolute Gasteiger partial charge is 0.469 e. The fraction of sp³-hybridized carbons (Fsp3) is 0.100. The Kier molecular flexibility index (Phi) is 1.94. The van der Waals surface area contributed by atoms with E-state index in [1.54, 1.807) is 23.1 Å². The van der Waals surface area contributed by atoms with Gasteiger partial charge in [-0.15, -0.1) is 10.2 Å². The second-order valence-corrected chi connectivity index (χ2v) is 3.74. The number of rotatable bonds is 1. The number of hydrogen-bond donors (Lipinski definition) is 0. The molecular formula is C10H7ClN4O. The van der Waals surface area contributed by atoms with Crippen LogP contribution in [-0.2, 0) is 0 Å². The molecule has 0 aromatic carbocycles. The highest BCUT2D eigenvalue weighted by Crippen LogP contribution is 2.23. The lowest BCUT2D eigenvalue weighted by Gasteiger charge is -1.97. The lowest BCUT2D eigenvalue weighted by molar-refractivity contribution is 0.535. The van der Waals surface area contributed by atoms with E-state index < -0.39 is 0 Å². The smallest absolute Gasteiger partial charge is 0.173 e. The van der Waals surface area contributed by atoms with Crippen LogP contribution in [-0.4, -0.2) is 19.6 Å². The minimum absolute atomic E-state index is 0.398. The van der Waals surface area contributed by atoms with Crippen molar-refractivity contribution >= 4 is 17.2 Å². The van der Waals surface area contributed by atoms with Gasteiger partial charge in [-0.25, -0.2) is 4.98 Å². The molecule has 3 heterocycles. The van der Waals surface area contributed by atoms with Gasteiger partial charge in [-0.3, -0.25) is 4.40 Å². The number of aryl methyl sites for hydroxylation is 1. The van der Waals surface area contributed by atoms with Crippen molar-refractivity contribution in [2.75, 3.05) is 0 Å². The van der Waals surface area contributed by atoms with Crippen molar-refractivity contribution < 1.29 is 4.42 Å². The Bertz CT molecular complexity index is 658. The summed E-state index contributed by atoms with van der Waals surface area (Å²) >= 11 is 5.77. The van der Waals surface area contributed by atoms with Crippen LogP contribution in [0.3, 0.4) is 0 Å². The molecule has 0 N–H and O–H groups in total. The van der Waals surface area contributed by atoms with Gasteiger partial charge in [-0.05, 0) is 13.0 Å². The molecule has 0 saturated heterocycles. The van der Waals surface area contributed by atoms with Gasteiger partial charge in [0.15, 0.2) is 11.5 Å². The van der Waals surface area contributed by atoms with Crippen LogP contribution in [0.15, 0.2) is 29.1 Å². The van der Waals surface area contributed by atoms with Crippen LogP contribution in [0, 0.1) is 6.92 Å². The molecule has 5 nitrogen and oxygen atoms in total. The van der Waals surface area contributed by atoms with Crippen molar-refractivity contribution in [1.82, 2.24) is 19.6 Å². The summed E-state index contributed by atoms with van der Waals surface area (Å²) in [5.74, 6) is 1.50. The van der Waals surface area contributed by atoms with Crippen molar-refractivity contribution in [2.45, 2.75) is 6.92 Å². The van der Waals surface area contributed by atoms with Crippen LogP contribution in [0.5, 0.6) is 0 Å². The van der Waals surface area contributed by atoms with Gasteiger partial charge >= 0.3 is 0 Å². The fourth-order valence-corrected chi connectivity index (χ4v) is 1.71. The molecule has 0 amide bonds. The summed E-state index contributed by atoms with van der Waals surface area (Å²) in [6.45, 7) is 1.87. The predicted molar refractivity (Wildman–Crippen MR) is 58.2 cm³/mol. The van der Waals surface area contributed by atoms with Crippen molar-refractivity contribution in [3.63, 3.8) is 0 Å². The third-order valence-electron chi connectivity index (χ3n) is 2.37. The van der Waals surface area contributed by atoms with E-state index in [2.05, 4.69) is 15.2 Å². The number of fused-ring (bicyclic) bond motifs is 1. The number of nitrogens with zero attached hydrogens (tertiary/aromatic N) is 4. The molecule has 0 saturated carbocycles. The van der Waals surface area contributed by atoms with E-state index in [9.17, 15) is 0 Å². The molecule has 0 radical (unpaired) electrons. The fourth-order valence-electron chi connectivity index (χ4n) is 1.57. The molecule has 3 rings (SSSR count). The number of furan rings is 1. The first-order valence-electron chi connectivity index (χ1n) is 4.66. The first-order valence-corrected chi connectivity index (χ1v) is 5.04. The van der Waals surface area contributed by atoms with Gasteiger partial charge in [0.2, 0.25) is 0 Å². The van der Waals surface area contributed by atoms with Crippen LogP contribution in [0.25, 0.3) is 17.0 Å². The lowest BCUT2D eigenvalue weighted by atomic mass is 10.2. The van der Waals surface area contributed by atoms with E-state index in [1.807, 2.05) is 13.0 Å². The minimum Gasteiger partial charge on any atom is -0.469 e. The molecule has 0 bridgehead atoms. The third-order valence-corrected chi connectivity index (χ3v) is 2.57. The van der Waals surface area contributed by atoms with Crippen LogP contribution >= 0.6 is 11.6 Å². The maximum atomic E-state index is 5.77. The molecule has 3 aromatic heterocycles. The molecule has 0 aliphatic rings. The van der Waals surface area contributed by atoms with Crippen LogP contribution in [0.4, 0.5) is 0 Å². The zero-order valence-electron chi connectivity index (χ0n) is 8.38. The average Bonchev–Trinajstić information content (AvgIpc) is 2.83. The second kappa shape index (κ2) is 3.31. The Labute approximate surface area is 95.7 Å². The standard InChI is InChI=1S/C10H7ClN4O/c1-6-7(2-3-16-6)10-14-13-9-4-8(11)12-5-15(9)10/h2-5H,1H3. The molecular weight excluding hydrogens is 228 g/mol. The summed E-state index contributed by atoms with van der Waals surface area (Å²) in [6.07, 6.45) is 3.22. The average molecular weight is 235 g/mol. The highest BCUT2D eigenvalue weighted by Gasteiger charge is 2.12. The normalized spacial score (nSPS) is 11.1. The SMILES string of the molecule is Cc1occc1-c1nnc2cc(Cl)ncn12. The molecule has 16 heavy (non-hydrogen) atoms. The van der Waals surface area contributed by atoms with Crippen molar-refractivity contribution in [3.8, 4) is 11.4 Å². The van der Waals surface area contributed by atoms with E-state index in [0.29, 0.717) is 16.6 Å². The maximum absolute atomic E-state index is 5.77. The van der Waals surface area contributed by atoms with Gasteiger partial charge in [0.25, 0.3) is 0 Å². The Morgan fingerprint density at radius 3 is 3.00 bits per heavy atom. The van der Waals surface area contributed by atoms with Gasteiger partial charge in [-0.2, -0.15) is 0 Å². The zero-order chi connectivity index (χ0) is 11.1. The summed E-state index contributed by atoms with van der Waals surface area (Å²) in [7, 11) is 0. The van der Waals surface area contributed by atoms with E-state index >= 15 is 0 Å². The van der Waals surface area contributed by atoms with E-state index in [-0.39, 0.29) is 0 Å². The maximum Gasteiger partial charge on any atom is 0.173 e. The lowest BCUT2D eigenvalue weighted by Crippen LogP contribution is -1.91. The van der Waals surface area contributed by atoms with Crippen molar-refractivity contribution in [3.05, 3.63) is 35.6 Å². The van der Waals surface area contributed by atoms with Crippen molar-refractivity contribution in [1.29, 1.82) is 0 Å². The van der Waals surface area contributed by atoms with Gasteiger partial charge in [-0.1, -0.05) is 11.6 Å². The summed E-state index contributed by atoms with van der Waals surface area (Å²) in [5, 5.41) is 8.52. The quantitative estimate of drug-likeness (QED) is 0.607. The molecule has 0 aliphatic heterocycles. The first kappa shape index (κ1) is 9.35. The zero-order valence-corrected chi connectivity index (χ0v) is 9.14. The minimum atomic E-state index is 0.398. The van der Waals surface area contributed by atoms with E-state index in [0.717, 1.165) is 11.3 Å². The molecule has 0 unspecified atom stereocenters.